The van der Waals surface area contributed by atoms with Gasteiger partial charge in [0, 0.05) is 49.5 Å². The second-order valence-corrected chi connectivity index (χ2v) is 6.94. The summed E-state index contributed by atoms with van der Waals surface area (Å²) in [4.78, 5) is 32.0. The predicted molar refractivity (Wildman–Crippen MR) is 104 cm³/mol. The van der Waals surface area contributed by atoms with Gasteiger partial charge in [-0.25, -0.2) is 0 Å². The number of aromatic amines is 1. The molecule has 0 spiro atoms. The van der Waals surface area contributed by atoms with Crippen LogP contribution in [0.1, 0.15) is 29.8 Å². The lowest BCUT2D eigenvalue weighted by atomic mass is 10.1. The number of piperazine rings is 1. The zero-order valence-electron chi connectivity index (χ0n) is 14.7. The van der Waals surface area contributed by atoms with E-state index in [0.717, 1.165) is 30.3 Å². The number of para-hydroxylation sites is 1. The summed E-state index contributed by atoms with van der Waals surface area (Å²) >= 11 is 0. The molecule has 2 fully saturated rings. The summed E-state index contributed by atoms with van der Waals surface area (Å²) in [6.45, 7) is 3.45. The Kier molecular flexibility index (Phi) is 5.84. The lowest BCUT2D eigenvalue weighted by molar-refractivity contribution is -0.133. The topological polar surface area (TPSA) is 68.4 Å². The van der Waals surface area contributed by atoms with Crippen LogP contribution in [0.5, 0.6) is 0 Å². The number of halogens is 1. The van der Waals surface area contributed by atoms with E-state index in [1.54, 1.807) is 0 Å². The van der Waals surface area contributed by atoms with Crippen LogP contribution in [-0.2, 0) is 4.79 Å². The van der Waals surface area contributed by atoms with Gasteiger partial charge in [-0.05, 0) is 31.5 Å². The van der Waals surface area contributed by atoms with Gasteiger partial charge in [0.05, 0.1) is 0 Å². The van der Waals surface area contributed by atoms with Gasteiger partial charge in [0.2, 0.25) is 5.91 Å². The number of fused-ring (bicyclic) bond motifs is 1. The number of rotatable bonds is 3. The van der Waals surface area contributed by atoms with E-state index in [4.69, 9.17) is 0 Å². The quantitative estimate of drug-likeness (QED) is 0.861. The molecule has 0 radical (unpaired) electrons. The summed E-state index contributed by atoms with van der Waals surface area (Å²) in [5, 5.41) is 4.42. The molecule has 2 aliphatic heterocycles. The zero-order chi connectivity index (χ0) is 17.2. The normalized spacial score (nSPS) is 20.2. The van der Waals surface area contributed by atoms with Gasteiger partial charge in [-0.1, -0.05) is 18.2 Å². The molecular weight excluding hydrogens is 352 g/mol. The Hall–Kier alpha value is -2.05. The van der Waals surface area contributed by atoms with E-state index in [-0.39, 0.29) is 24.2 Å². The maximum atomic E-state index is 12.7. The molecule has 1 aromatic carbocycles. The fourth-order valence-corrected chi connectivity index (χ4v) is 3.79. The van der Waals surface area contributed by atoms with Gasteiger partial charge in [0.1, 0.15) is 5.69 Å². The van der Waals surface area contributed by atoms with Crippen molar-refractivity contribution < 1.29 is 9.59 Å². The monoisotopic (exact) mass is 376 g/mol. The summed E-state index contributed by atoms with van der Waals surface area (Å²) in [7, 11) is 0. The Balaban J connectivity index is 0.00000196. The van der Waals surface area contributed by atoms with Crippen molar-refractivity contribution in [1.82, 2.24) is 20.1 Å². The molecule has 1 unspecified atom stereocenters. The summed E-state index contributed by atoms with van der Waals surface area (Å²) < 4.78 is 0. The number of aromatic nitrogens is 1. The summed E-state index contributed by atoms with van der Waals surface area (Å²) in [5.41, 5.74) is 1.60. The molecule has 0 aliphatic carbocycles. The molecule has 1 aromatic heterocycles. The van der Waals surface area contributed by atoms with E-state index in [2.05, 4.69) is 10.3 Å². The van der Waals surface area contributed by atoms with E-state index in [1.165, 1.54) is 0 Å². The van der Waals surface area contributed by atoms with Crippen LogP contribution in [0.4, 0.5) is 0 Å². The molecule has 7 heteroatoms. The SMILES string of the molecule is Cl.O=C(CC1CCCN1)N1CCN(C(=O)c2cc3ccccc3[nH]2)CC1. The highest BCUT2D eigenvalue weighted by Gasteiger charge is 2.27. The Morgan fingerprint density at radius 3 is 2.50 bits per heavy atom. The molecule has 2 N–H and O–H groups in total. The predicted octanol–water partition coefficient (Wildman–Crippen LogP) is 2.02. The lowest BCUT2D eigenvalue weighted by Crippen LogP contribution is -2.51. The Morgan fingerprint density at radius 2 is 1.81 bits per heavy atom. The number of carbonyl (C=O) groups is 2. The number of amides is 2. The molecule has 2 amide bonds. The molecule has 1 atom stereocenters. The highest BCUT2D eigenvalue weighted by Crippen LogP contribution is 2.17. The number of nitrogens with one attached hydrogen (secondary N) is 2. The van der Waals surface area contributed by atoms with Gasteiger partial charge in [0.15, 0.2) is 0 Å². The van der Waals surface area contributed by atoms with Gasteiger partial charge < -0.3 is 20.1 Å². The van der Waals surface area contributed by atoms with Crippen LogP contribution in [0.25, 0.3) is 10.9 Å². The third-order valence-corrected chi connectivity index (χ3v) is 5.26. The van der Waals surface area contributed by atoms with Crippen molar-refractivity contribution in [2.45, 2.75) is 25.3 Å². The molecule has 0 saturated carbocycles. The molecular formula is C19H25ClN4O2. The van der Waals surface area contributed by atoms with E-state index in [9.17, 15) is 9.59 Å². The van der Waals surface area contributed by atoms with Crippen molar-refractivity contribution in [2.75, 3.05) is 32.7 Å². The molecule has 2 aromatic rings. The average molecular weight is 377 g/mol. The Morgan fingerprint density at radius 1 is 1.08 bits per heavy atom. The second kappa shape index (κ2) is 8.10. The second-order valence-electron chi connectivity index (χ2n) is 6.94. The molecule has 6 nitrogen and oxygen atoms in total. The van der Waals surface area contributed by atoms with Crippen molar-refractivity contribution >= 4 is 35.1 Å². The number of benzene rings is 1. The Labute approximate surface area is 159 Å². The zero-order valence-corrected chi connectivity index (χ0v) is 15.6. The molecule has 26 heavy (non-hydrogen) atoms. The number of hydrogen-bond donors (Lipinski definition) is 2. The first kappa shape index (κ1) is 18.7. The largest absolute Gasteiger partial charge is 0.351 e. The van der Waals surface area contributed by atoms with Crippen molar-refractivity contribution in [3.63, 3.8) is 0 Å². The number of hydrogen-bond acceptors (Lipinski definition) is 3. The molecule has 4 rings (SSSR count). The molecule has 2 aliphatic rings. The third-order valence-electron chi connectivity index (χ3n) is 5.26. The van der Waals surface area contributed by atoms with Gasteiger partial charge in [0.25, 0.3) is 5.91 Å². The van der Waals surface area contributed by atoms with Crippen LogP contribution in [0, 0.1) is 0 Å². The molecule has 2 saturated heterocycles. The van der Waals surface area contributed by atoms with Gasteiger partial charge >= 0.3 is 0 Å². The lowest BCUT2D eigenvalue weighted by Gasteiger charge is -2.35. The smallest absolute Gasteiger partial charge is 0.270 e. The van der Waals surface area contributed by atoms with E-state index in [0.29, 0.717) is 44.3 Å². The first-order valence-corrected chi connectivity index (χ1v) is 9.09. The Bertz CT molecular complexity index is 744. The van der Waals surface area contributed by atoms with Crippen LogP contribution < -0.4 is 5.32 Å². The van der Waals surface area contributed by atoms with E-state index >= 15 is 0 Å². The first-order valence-electron chi connectivity index (χ1n) is 9.09. The average Bonchev–Trinajstić information content (AvgIpc) is 3.30. The highest BCUT2D eigenvalue weighted by atomic mass is 35.5. The highest BCUT2D eigenvalue weighted by molar-refractivity contribution is 5.98. The van der Waals surface area contributed by atoms with Crippen molar-refractivity contribution in [1.29, 1.82) is 0 Å². The first-order chi connectivity index (χ1) is 12.2. The number of H-pyrrole nitrogens is 1. The molecule has 140 valence electrons. The van der Waals surface area contributed by atoms with Crippen molar-refractivity contribution in [3.05, 3.63) is 36.0 Å². The van der Waals surface area contributed by atoms with E-state index < -0.39 is 0 Å². The molecule has 3 heterocycles. The standard InChI is InChI=1S/C19H24N4O2.ClH/c24-18(13-15-5-3-7-20-15)22-8-10-23(11-9-22)19(25)17-12-14-4-1-2-6-16(14)21-17;/h1-2,4,6,12,15,20-21H,3,5,7-11,13H2;1H. The van der Waals surface area contributed by atoms with Crippen LogP contribution in [-0.4, -0.2) is 65.4 Å². The minimum absolute atomic E-state index is 0. The summed E-state index contributed by atoms with van der Waals surface area (Å²) in [5.74, 6) is 0.220. The van der Waals surface area contributed by atoms with Crippen LogP contribution in [0.15, 0.2) is 30.3 Å². The van der Waals surface area contributed by atoms with Gasteiger partial charge in [-0.15, -0.1) is 12.4 Å². The van der Waals surface area contributed by atoms with Crippen LogP contribution in [0.2, 0.25) is 0 Å². The van der Waals surface area contributed by atoms with Crippen molar-refractivity contribution in [3.8, 4) is 0 Å². The van der Waals surface area contributed by atoms with Crippen molar-refractivity contribution in [2.24, 2.45) is 0 Å². The van der Waals surface area contributed by atoms with Gasteiger partial charge in [-0.3, -0.25) is 9.59 Å². The summed E-state index contributed by atoms with van der Waals surface area (Å²) in [6, 6.07) is 10.1. The maximum Gasteiger partial charge on any atom is 0.270 e. The van der Waals surface area contributed by atoms with E-state index in [1.807, 2.05) is 40.1 Å². The number of nitrogens with zero attached hydrogens (tertiary/aromatic N) is 2. The molecule has 0 bridgehead atoms. The summed E-state index contributed by atoms with van der Waals surface area (Å²) in [6.07, 6.45) is 2.82. The maximum absolute atomic E-state index is 12.7. The minimum Gasteiger partial charge on any atom is -0.351 e. The fraction of sp³-hybridized carbons (Fsp3) is 0.474. The minimum atomic E-state index is 0. The van der Waals surface area contributed by atoms with Crippen LogP contribution >= 0.6 is 12.4 Å². The number of carbonyl (C=O) groups excluding carboxylic acids is 2. The third kappa shape index (κ3) is 3.86. The van der Waals surface area contributed by atoms with Crippen LogP contribution in [0.3, 0.4) is 0 Å². The van der Waals surface area contributed by atoms with Gasteiger partial charge in [-0.2, -0.15) is 0 Å². The fourth-order valence-electron chi connectivity index (χ4n) is 3.79.